The van der Waals surface area contributed by atoms with Crippen molar-refractivity contribution in [3.63, 3.8) is 0 Å². The molecule has 1 N–H and O–H groups in total. The molecule has 0 radical (unpaired) electrons. The van der Waals surface area contributed by atoms with Gasteiger partial charge in [0, 0.05) is 44.8 Å². The molecule has 1 fully saturated rings. The molecule has 0 atom stereocenters. The molecule has 136 valence electrons. The van der Waals surface area contributed by atoms with Crippen molar-refractivity contribution in [1.29, 1.82) is 0 Å². The third-order valence-corrected chi connectivity index (χ3v) is 4.39. The molecule has 4 rings (SSSR count). The highest BCUT2D eigenvalue weighted by molar-refractivity contribution is 6.03. The Morgan fingerprint density at radius 1 is 0.852 bits per heavy atom. The van der Waals surface area contributed by atoms with Gasteiger partial charge in [0.1, 0.15) is 5.82 Å². The molecular weight excluding hydrogens is 342 g/mol. The minimum atomic E-state index is -0.255. The summed E-state index contributed by atoms with van der Waals surface area (Å²) in [7, 11) is 0. The lowest BCUT2D eigenvalue weighted by molar-refractivity contribution is 0.102. The lowest BCUT2D eigenvalue weighted by Crippen LogP contribution is -2.47. The molecule has 0 spiro atoms. The Labute approximate surface area is 156 Å². The van der Waals surface area contributed by atoms with Crippen molar-refractivity contribution in [3.8, 4) is 0 Å². The molecule has 3 aromatic heterocycles. The van der Waals surface area contributed by atoms with E-state index in [0.717, 1.165) is 37.8 Å². The van der Waals surface area contributed by atoms with Crippen molar-refractivity contribution in [2.45, 2.75) is 0 Å². The quantitative estimate of drug-likeness (QED) is 0.759. The van der Waals surface area contributed by atoms with Gasteiger partial charge in [0.25, 0.3) is 5.91 Å². The zero-order chi connectivity index (χ0) is 18.5. The van der Waals surface area contributed by atoms with E-state index in [1.165, 1.54) is 6.20 Å². The van der Waals surface area contributed by atoms with Gasteiger partial charge in [-0.3, -0.25) is 9.78 Å². The first kappa shape index (κ1) is 16.9. The summed E-state index contributed by atoms with van der Waals surface area (Å²) in [4.78, 5) is 24.9. The van der Waals surface area contributed by atoms with Crippen LogP contribution in [0.3, 0.4) is 0 Å². The van der Waals surface area contributed by atoms with Crippen molar-refractivity contribution >= 4 is 23.4 Å². The Morgan fingerprint density at radius 2 is 1.67 bits per heavy atom. The fourth-order valence-corrected chi connectivity index (χ4v) is 2.95. The number of anilines is 3. The molecule has 1 saturated heterocycles. The first-order chi connectivity index (χ1) is 13.3. The highest BCUT2D eigenvalue weighted by Gasteiger charge is 2.19. The third kappa shape index (κ3) is 4.00. The number of piperazine rings is 1. The van der Waals surface area contributed by atoms with E-state index in [1.807, 2.05) is 30.5 Å². The number of aromatic nitrogens is 4. The van der Waals surface area contributed by atoms with E-state index < -0.39 is 0 Å². The number of amides is 1. The molecule has 8 nitrogen and oxygen atoms in total. The van der Waals surface area contributed by atoms with Crippen LogP contribution < -0.4 is 15.1 Å². The summed E-state index contributed by atoms with van der Waals surface area (Å²) in [5.41, 5.74) is 0.481. The van der Waals surface area contributed by atoms with Crippen molar-refractivity contribution in [2.75, 3.05) is 41.3 Å². The summed E-state index contributed by atoms with van der Waals surface area (Å²) in [5, 5.41) is 11.1. The summed E-state index contributed by atoms with van der Waals surface area (Å²) >= 11 is 0. The maximum absolute atomic E-state index is 12.1. The number of pyridine rings is 2. The zero-order valence-corrected chi connectivity index (χ0v) is 14.7. The molecule has 4 heterocycles. The average molecular weight is 361 g/mol. The SMILES string of the molecule is O=C(Nc1ccc(N2CCN(c3ccccn3)CC2)nn1)c1cccnc1. The van der Waals surface area contributed by atoms with Crippen LogP contribution in [-0.2, 0) is 0 Å². The molecule has 0 aromatic carbocycles. The van der Waals surface area contributed by atoms with Gasteiger partial charge in [-0.05, 0) is 36.4 Å². The second kappa shape index (κ2) is 7.77. The molecule has 1 aliphatic rings. The van der Waals surface area contributed by atoms with Crippen LogP contribution in [0.15, 0.2) is 61.1 Å². The molecule has 0 aliphatic carbocycles. The monoisotopic (exact) mass is 361 g/mol. The number of nitrogens with zero attached hydrogens (tertiary/aromatic N) is 6. The lowest BCUT2D eigenvalue weighted by Gasteiger charge is -2.35. The van der Waals surface area contributed by atoms with Gasteiger partial charge in [0.05, 0.1) is 5.56 Å². The molecule has 8 heteroatoms. The van der Waals surface area contributed by atoms with Gasteiger partial charge in [-0.15, -0.1) is 10.2 Å². The fourth-order valence-electron chi connectivity index (χ4n) is 2.95. The van der Waals surface area contributed by atoms with E-state index in [1.54, 1.807) is 24.4 Å². The number of carbonyl (C=O) groups is 1. The summed E-state index contributed by atoms with van der Waals surface area (Å²) in [5.74, 6) is 1.96. The van der Waals surface area contributed by atoms with Gasteiger partial charge >= 0.3 is 0 Å². The van der Waals surface area contributed by atoms with Gasteiger partial charge in [0.15, 0.2) is 11.6 Å². The van der Waals surface area contributed by atoms with Crippen LogP contribution in [0.5, 0.6) is 0 Å². The van der Waals surface area contributed by atoms with E-state index in [-0.39, 0.29) is 5.91 Å². The average Bonchev–Trinajstić information content (AvgIpc) is 2.76. The fraction of sp³-hybridized carbons (Fsp3) is 0.211. The van der Waals surface area contributed by atoms with E-state index in [0.29, 0.717) is 11.4 Å². The van der Waals surface area contributed by atoms with Crippen LogP contribution in [0.1, 0.15) is 10.4 Å². The number of rotatable bonds is 4. The van der Waals surface area contributed by atoms with Gasteiger partial charge in [-0.2, -0.15) is 0 Å². The summed E-state index contributed by atoms with van der Waals surface area (Å²) in [6, 6.07) is 13.0. The smallest absolute Gasteiger partial charge is 0.258 e. The molecule has 0 unspecified atom stereocenters. The van der Waals surface area contributed by atoms with Crippen molar-refractivity contribution < 1.29 is 4.79 Å². The normalized spacial score (nSPS) is 14.1. The van der Waals surface area contributed by atoms with E-state index in [9.17, 15) is 4.79 Å². The van der Waals surface area contributed by atoms with E-state index in [4.69, 9.17) is 0 Å². The van der Waals surface area contributed by atoms with Crippen LogP contribution in [-0.4, -0.2) is 52.3 Å². The first-order valence-electron chi connectivity index (χ1n) is 8.76. The van der Waals surface area contributed by atoms with Crippen LogP contribution >= 0.6 is 0 Å². The molecular formula is C19H19N7O. The highest BCUT2D eigenvalue weighted by atomic mass is 16.1. The molecule has 27 heavy (non-hydrogen) atoms. The number of hydrogen-bond donors (Lipinski definition) is 1. The minimum Gasteiger partial charge on any atom is -0.353 e. The highest BCUT2D eigenvalue weighted by Crippen LogP contribution is 2.17. The van der Waals surface area contributed by atoms with Crippen molar-refractivity contribution in [3.05, 3.63) is 66.6 Å². The van der Waals surface area contributed by atoms with E-state index in [2.05, 4.69) is 35.3 Å². The maximum atomic E-state index is 12.1. The van der Waals surface area contributed by atoms with Gasteiger partial charge in [-0.25, -0.2) is 4.98 Å². The second-order valence-electron chi connectivity index (χ2n) is 6.13. The van der Waals surface area contributed by atoms with Crippen LogP contribution in [0.4, 0.5) is 17.5 Å². The van der Waals surface area contributed by atoms with Gasteiger partial charge < -0.3 is 15.1 Å². The number of nitrogens with one attached hydrogen (secondary N) is 1. The van der Waals surface area contributed by atoms with Crippen LogP contribution in [0.25, 0.3) is 0 Å². The van der Waals surface area contributed by atoms with Gasteiger partial charge in [0.2, 0.25) is 0 Å². The van der Waals surface area contributed by atoms with Crippen molar-refractivity contribution in [1.82, 2.24) is 20.2 Å². The predicted octanol–water partition coefficient (Wildman–Crippen LogP) is 1.85. The molecule has 1 amide bonds. The zero-order valence-electron chi connectivity index (χ0n) is 14.7. The molecule has 3 aromatic rings. The second-order valence-corrected chi connectivity index (χ2v) is 6.13. The van der Waals surface area contributed by atoms with E-state index >= 15 is 0 Å². The maximum Gasteiger partial charge on any atom is 0.258 e. The number of hydrogen-bond acceptors (Lipinski definition) is 7. The first-order valence-corrected chi connectivity index (χ1v) is 8.76. The van der Waals surface area contributed by atoms with Gasteiger partial charge in [-0.1, -0.05) is 6.07 Å². The van der Waals surface area contributed by atoms with Crippen LogP contribution in [0, 0.1) is 0 Å². The minimum absolute atomic E-state index is 0.255. The standard InChI is InChI=1S/C19H19N7O/c27-19(15-4-3-8-20-14-15)22-16-6-7-18(24-23-16)26-12-10-25(11-13-26)17-5-1-2-9-21-17/h1-9,14H,10-13H2,(H,22,23,27). The van der Waals surface area contributed by atoms with Crippen LogP contribution in [0.2, 0.25) is 0 Å². The lowest BCUT2D eigenvalue weighted by atomic mass is 10.2. The third-order valence-electron chi connectivity index (χ3n) is 4.39. The topological polar surface area (TPSA) is 87.1 Å². The number of carbonyl (C=O) groups excluding carboxylic acids is 1. The Balaban J connectivity index is 1.35. The molecule has 0 bridgehead atoms. The van der Waals surface area contributed by atoms with Crippen molar-refractivity contribution in [2.24, 2.45) is 0 Å². The summed E-state index contributed by atoms with van der Waals surface area (Å²) in [6.45, 7) is 3.43. The predicted molar refractivity (Wildman–Crippen MR) is 103 cm³/mol. The Hall–Kier alpha value is -3.55. The summed E-state index contributed by atoms with van der Waals surface area (Å²) < 4.78 is 0. The largest absolute Gasteiger partial charge is 0.353 e. The Morgan fingerprint density at radius 3 is 2.30 bits per heavy atom. The Kier molecular flexibility index (Phi) is 4.86. The Bertz CT molecular complexity index is 879. The molecule has 1 aliphatic heterocycles. The molecule has 0 saturated carbocycles. The summed E-state index contributed by atoms with van der Waals surface area (Å²) in [6.07, 6.45) is 4.95.